The molecule has 1 fully saturated rings. The van der Waals surface area contributed by atoms with E-state index in [0.29, 0.717) is 12.1 Å². The van der Waals surface area contributed by atoms with Crippen LogP contribution in [0, 0.1) is 0 Å². The lowest BCUT2D eigenvalue weighted by Crippen LogP contribution is -2.31. The molecule has 1 unspecified atom stereocenters. The molecule has 3 rings (SSSR count). The number of thioether (sulfide) groups is 1. The minimum absolute atomic E-state index is 0.347. The molecule has 1 saturated carbocycles. The Morgan fingerprint density at radius 1 is 1.00 bits per heavy atom. The predicted octanol–water partition coefficient (Wildman–Crippen LogP) is 4.14. The molecule has 19 heavy (non-hydrogen) atoms. The van der Waals surface area contributed by atoms with E-state index in [2.05, 4.69) is 35.6 Å². The lowest BCUT2D eigenvalue weighted by molar-refractivity contribution is 0.535. The number of rotatable bonds is 2. The summed E-state index contributed by atoms with van der Waals surface area (Å²) < 4.78 is 0. The van der Waals surface area contributed by atoms with Gasteiger partial charge in [0.25, 0.3) is 0 Å². The SMILES string of the molecule is c1ccc(C2CSC(NC3CCCCCC3)=N2)cc1. The molecule has 0 bridgehead atoms. The van der Waals surface area contributed by atoms with Gasteiger partial charge in [-0.1, -0.05) is 67.8 Å². The third kappa shape index (κ3) is 3.53. The molecule has 102 valence electrons. The molecule has 2 aliphatic rings. The second-order valence-corrected chi connectivity index (χ2v) is 6.51. The number of amidine groups is 1. The molecule has 0 spiro atoms. The van der Waals surface area contributed by atoms with Crippen molar-refractivity contribution >= 4 is 16.9 Å². The highest BCUT2D eigenvalue weighted by atomic mass is 32.2. The first-order valence-corrected chi connectivity index (χ1v) is 8.42. The molecule has 0 saturated heterocycles. The maximum Gasteiger partial charge on any atom is 0.157 e. The van der Waals surface area contributed by atoms with E-state index >= 15 is 0 Å². The molecular weight excluding hydrogens is 252 g/mol. The van der Waals surface area contributed by atoms with Crippen LogP contribution < -0.4 is 5.32 Å². The van der Waals surface area contributed by atoms with Crippen LogP contribution in [0.5, 0.6) is 0 Å². The van der Waals surface area contributed by atoms with Gasteiger partial charge in [0.15, 0.2) is 5.17 Å². The summed E-state index contributed by atoms with van der Waals surface area (Å²) in [7, 11) is 0. The minimum Gasteiger partial charge on any atom is -0.362 e. The van der Waals surface area contributed by atoms with Crippen molar-refractivity contribution in [1.29, 1.82) is 0 Å². The van der Waals surface area contributed by atoms with Crippen LogP contribution in [0.3, 0.4) is 0 Å². The molecular formula is C16H22N2S. The van der Waals surface area contributed by atoms with Gasteiger partial charge < -0.3 is 5.32 Å². The second-order valence-electron chi connectivity index (χ2n) is 5.50. The number of nitrogens with one attached hydrogen (secondary N) is 1. The molecule has 2 nitrogen and oxygen atoms in total. The maximum absolute atomic E-state index is 4.85. The predicted molar refractivity (Wildman–Crippen MR) is 83.7 cm³/mol. The van der Waals surface area contributed by atoms with Crippen LogP contribution in [0.15, 0.2) is 35.3 Å². The van der Waals surface area contributed by atoms with E-state index in [0.717, 1.165) is 5.75 Å². The van der Waals surface area contributed by atoms with Gasteiger partial charge in [-0.15, -0.1) is 0 Å². The third-order valence-corrected chi connectivity index (χ3v) is 5.00. The molecule has 1 aliphatic heterocycles. The normalized spacial score (nSPS) is 24.8. The number of hydrogen-bond donors (Lipinski definition) is 1. The van der Waals surface area contributed by atoms with Crippen LogP contribution in [-0.4, -0.2) is 17.0 Å². The fraction of sp³-hybridized carbons (Fsp3) is 0.562. The van der Waals surface area contributed by atoms with Crippen LogP contribution in [0.1, 0.15) is 50.1 Å². The topological polar surface area (TPSA) is 24.4 Å². The summed E-state index contributed by atoms with van der Waals surface area (Å²) in [5.41, 5.74) is 1.34. The maximum atomic E-state index is 4.85. The Morgan fingerprint density at radius 3 is 2.47 bits per heavy atom. The molecule has 1 atom stereocenters. The van der Waals surface area contributed by atoms with Gasteiger partial charge in [0.1, 0.15) is 0 Å². The van der Waals surface area contributed by atoms with E-state index in [4.69, 9.17) is 4.99 Å². The lowest BCUT2D eigenvalue weighted by atomic mass is 10.1. The molecule has 1 heterocycles. The van der Waals surface area contributed by atoms with Crippen molar-refractivity contribution in [3.05, 3.63) is 35.9 Å². The first-order chi connectivity index (χ1) is 9.42. The standard InChI is InChI=1S/C16H22N2S/c1-2-7-11-14(10-6-1)17-16-18-15(12-19-16)13-8-4-3-5-9-13/h3-5,8-9,14-15H,1-2,6-7,10-12H2,(H,17,18). The van der Waals surface area contributed by atoms with Crippen LogP contribution in [0.4, 0.5) is 0 Å². The molecule has 3 heteroatoms. The summed E-state index contributed by atoms with van der Waals surface area (Å²) in [5, 5.41) is 4.84. The van der Waals surface area contributed by atoms with Crippen molar-refractivity contribution in [2.45, 2.75) is 50.6 Å². The molecule has 1 aliphatic carbocycles. The fourth-order valence-electron chi connectivity index (χ4n) is 2.90. The first kappa shape index (κ1) is 13.0. The quantitative estimate of drug-likeness (QED) is 0.820. The number of nitrogens with zero attached hydrogens (tertiary/aromatic N) is 1. The van der Waals surface area contributed by atoms with Gasteiger partial charge in [-0.3, -0.25) is 4.99 Å². The Hall–Kier alpha value is -0.960. The van der Waals surface area contributed by atoms with E-state index in [1.165, 1.54) is 49.3 Å². The van der Waals surface area contributed by atoms with Crippen molar-refractivity contribution in [2.24, 2.45) is 4.99 Å². The van der Waals surface area contributed by atoms with Crippen LogP contribution in [0.2, 0.25) is 0 Å². The van der Waals surface area contributed by atoms with Crippen LogP contribution in [0.25, 0.3) is 0 Å². The third-order valence-electron chi connectivity index (χ3n) is 4.02. The van der Waals surface area contributed by atoms with E-state index in [-0.39, 0.29) is 0 Å². The largest absolute Gasteiger partial charge is 0.362 e. The van der Waals surface area contributed by atoms with Crippen LogP contribution >= 0.6 is 11.8 Å². The van der Waals surface area contributed by atoms with Gasteiger partial charge in [0.2, 0.25) is 0 Å². The van der Waals surface area contributed by atoms with E-state index < -0.39 is 0 Å². The monoisotopic (exact) mass is 274 g/mol. The van der Waals surface area contributed by atoms with Crippen LogP contribution in [-0.2, 0) is 0 Å². The summed E-state index contributed by atoms with van der Waals surface area (Å²) in [5.74, 6) is 1.08. The summed E-state index contributed by atoms with van der Waals surface area (Å²) >= 11 is 1.88. The minimum atomic E-state index is 0.347. The van der Waals surface area contributed by atoms with Gasteiger partial charge in [-0.25, -0.2) is 0 Å². The smallest absolute Gasteiger partial charge is 0.157 e. The summed E-state index contributed by atoms with van der Waals surface area (Å²) in [6.45, 7) is 0. The van der Waals surface area contributed by atoms with Gasteiger partial charge in [0, 0.05) is 11.8 Å². The zero-order valence-corrected chi connectivity index (χ0v) is 12.2. The van der Waals surface area contributed by atoms with Crippen molar-refractivity contribution in [2.75, 3.05) is 5.75 Å². The summed E-state index contributed by atoms with van der Waals surface area (Å²) in [6, 6.07) is 11.6. The number of benzene rings is 1. The van der Waals surface area contributed by atoms with E-state index in [1.807, 2.05) is 11.8 Å². The molecule has 0 amide bonds. The molecule has 1 aromatic rings. The highest BCUT2D eigenvalue weighted by Crippen LogP contribution is 2.30. The van der Waals surface area contributed by atoms with Gasteiger partial charge in [0.05, 0.1) is 6.04 Å². The van der Waals surface area contributed by atoms with E-state index in [9.17, 15) is 0 Å². The fourth-order valence-corrected chi connectivity index (χ4v) is 3.93. The van der Waals surface area contributed by atoms with Gasteiger partial charge >= 0.3 is 0 Å². The molecule has 0 radical (unpaired) electrons. The first-order valence-electron chi connectivity index (χ1n) is 7.44. The molecule has 1 N–H and O–H groups in total. The zero-order valence-electron chi connectivity index (χ0n) is 11.3. The summed E-state index contributed by atoms with van der Waals surface area (Å²) in [6.07, 6.45) is 8.19. The number of aliphatic imine (C=N–C) groups is 1. The second kappa shape index (κ2) is 6.47. The van der Waals surface area contributed by atoms with Crippen molar-refractivity contribution in [3.8, 4) is 0 Å². The summed E-state index contributed by atoms with van der Waals surface area (Å²) in [4.78, 5) is 4.85. The Kier molecular flexibility index (Phi) is 4.44. The zero-order chi connectivity index (χ0) is 12.9. The Balaban J connectivity index is 1.60. The highest BCUT2D eigenvalue weighted by Gasteiger charge is 2.22. The molecule has 0 aromatic heterocycles. The average Bonchev–Trinajstić information content (AvgIpc) is 2.76. The van der Waals surface area contributed by atoms with Crippen molar-refractivity contribution in [1.82, 2.24) is 5.32 Å². The Morgan fingerprint density at radius 2 is 1.74 bits per heavy atom. The molecule has 1 aromatic carbocycles. The van der Waals surface area contributed by atoms with Gasteiger partial charge in [-0.05, 0) is 18.4 Å². The highest BCUT2D eigenvalue weighted by molar-refractivity contribution is 8.14. The van der Waals surface area contributed by atoms with Crippen molar-refractivity contribution in [3.63, 3.8) is 0 Å². The van der Waals surface area contributed by atoms with Gasteiger partial charge in [-0.2, -0.15) is 0 Å². The average molecular weight is 274 g/mol. The Bertz CT molecular complexity index is 422. The lowest BCUT2D eigenvalue weighted by Gasteiger charge is -2.16. The van der Waals surface area contributed by atoms with E-state index in [1.54, 1.807) is 0 Å². The van der Waals surface area contributed by atoms with Crippen molar-refractivity contribution < 1.29 is 0 Å². The Labute approximate surface area is 120 Å². The number of hydrogen-bond acceptors (Lipinski definition) is 3.